The van der Waals surface area contributed by atoms with Crippen LogP contribution >= 0.6 is 23.1 Å². The lowest BCUT2D eigenvalue weighted by molar-refractivity contribution is -0.122. The average Bonchev–Trinajstić information content (AvgIpc) is 2.90. The summed E-state index contributed by atoms with van der Waals surface area (Å²) >= 11 is 3.11. The second-order valence-corrected chi connectivity index (χ2v) is 9.43. The first kappa shape index (κ1) is 17.4. The lowest BCUT2D eigenvalue weighted by Crippen LogP contribution is -2.27. The molecule has 6 heteroatoms. The van der Waals surface area contributed by atoms with Crippen molar-refractivity contribution in [1.29, 1.82) is 0 Å². The van der Waals surface area contributed by atoms with E-state index < -0.39 is 0 Å². The number of anilines is 1. The quantitative estimate of drug-likeness (QED) is 0.610. The summed E-state index contributed by atoms with van der Waals surface area (Å²) in [6, 6.07) is 8.74. The maximum Gasteiger partial charge on any atom is 0.229 e. The first-order valence-corrected chi connectivity index (χ1v) is 10.1. The number of benzene rings is 1. The van der Waals surface area contributed by atoms with Crippen LogP contribution in [-0.4, -0.2) is 16.1 Å². The monoisotopic (exact) mass is 361 g/mol. The molecule has 0 unspecified atom stereocenters. The van der Waals surface area contributed by atoms with Gasteiger partial charge < -0.3 is 5.32 Å². The zero-order valence-electron chi connectivity index (χ0n) is 14.3. The summed E-state index contributed by atoms with van der Waals surface area (Å²) < 4.78 is 0.888. The van der Waals surface area contributed by atoms with Crippen LogP contribution in [0.4, 0.5) is 5.13 Å². The van der Waals surface area contributed by atoms with Crippen LogP contribution in [0.5, 0.6) is 0 Å². The van der Waals surface area contributed by atoms with Gasteiger partial charge in [0.25, 0.3) is 0 Å². The number of thioether (sulfide) groups is 1. The number of aromatic nitrogens is 2. The molecule has 0 spiro atoms. The SMILES string of the molecule is CC(C)(C)c1ccc(CSc2nnc(NC(=O)C3CCC3)s2)cc1. The summed E-state index contributed by atoms with van der Waals surface area (Å²) in [7, 11) is 0. The highest BCUT2D eigenvalue weighted by Crippen LogP contribution is 2.31. The molecule has 1 N–H and O–H groups in total. The van der Waals surface area contributed by atoms with Gasteiger partial charge in [-0.05, 0) is 29.4 Å². The van der Waals surface area contributed by atoms with Crippen LogP contribution < -0.4 is 5.32 Å². The van der Waals surface area contributed by atoms with Gasteiger partial charge >= 0.3 is 0 Å². The minimum absolute atomic E-state index is 0.0896. The second-order valence-electron chi connectivity index (χ2n) is 7.23. The largest absolute Gasteiger partial charge is 0.300 e. The predicted octanol–water partition coefficient (Wildman–Crippen LogP) is 4.87. The van der Waals surface area contributed by atoms with Crippen molar-refractivity contribution in [3.05, 3.63) is 35.4 Å². The summed E-state index contributed by atoms with van der Waals surface area (Å²) in [6.07, 6.45) is 3.15. The van der Waals surface area contributed by atoms with Crippen molar-refractivity contribution in [2.75, 3.05) is 5.32 Å². The standard InChI is InChI=1S/C18H23N3OS2/c1-18(2,3)14-9-7-12(8-10-14)11-23-17-21-20-16(24-17)19-15(22)13-5-4-6-13/h7-10,13H,4-6,11H2,1-3H3,(H,19,20,22). The topological polar surface area (TPSA) is 54.9 Å². The molecule has 1 heterocycles. The molecule has 0 atom stereocenters. The summed E-state index contributed by atoms with van der Waals surface area (Å²) in [5, 5.41) is 11.7. The van der Waals surface area contributed by atoms with E-state index in [0.29, 0.717) is 5.13 Å². The third-order valence-electron chi connectivity index (χ3n) is 4.29. The molecule has 4 nitrogen and oxygen atoms in total. The van der Waals surface area contributed by atoms with Crippen LogP contribution in [0.2, 0.25) is 0 Å². The zero-order chi connectivity index (χ0) is 17.2. The smallest absolute Gasteiger partial charge is 0.229 e. The van der Waals surface area contributed by atoms with Crippen LogP contribution in [0.3, 0.4) is 0 Å². The normalized spacial score (nSPS) is 15.1. The van der Waals surface area contributed by atoms with Gasteiger partial charge in [0.1, 0.15) is 0 Å². The van der Waals surface area contributed by atoms with E-state index in [1.807, 2.05) is 0 Å². The minimum atomic E-state index is 0.0896. The first-order valence-electron chi connectivity index (χ1n) is 8.28. The van der Waals surface area contributed by atoms with E-state index in [4.69, 9.17) is 0 Å². The minimum Gasteiger partial charge on any atom is -0.300 e. The number of carbonyl (C=O) groups excluding carboxylic acids is 1. The lowest BCUT2D eigenvalue weighted by Gasteiger charge is -2.23. The van der Waals surface area contributed by atoms with Crippen molar-refractivity contribution in [3.63, 3.8) is 0 Å². The van der Waals surface area contributed by atoms with Gasteiger partial charge in [-0.25, -0.2) is 0 Å². The zero-order valence-corrected chi connectivity index (χ0v) is 16.0. The highest BCUT2D eigenvalue weighted by molar-refractivity contribution is 8.00. The number of hydrogen-bond acceptors (Lipinski definition) is 5. The lowest BCUT2D eigenvalue weighted by atomic mass is 9.85. The van der Waals surface area contributed by atoms with E-state index in [-0.39, 0.29) is 17.2 Å². The fourth-order valence-corrected chi connectivity index (χ4v) is 4.15. The van der Waals surface area contributed by atoms with Crippen LogP contribution in [-0.2, 0) is 16.0 Å². The number of nitrogens with zero attached hydrogens (tertiary/aromatic N) is 2. The van der Waals surface area contributed by atoms with Crippen LogP contribution in [0.1, 0.15) is 51.2 Å². The summed E-state index contributed by atoms with van der Waals surface area (Å²) in [4.78, 5) is 11.9. The summed E-state index contributed by atoms with van der Waals surface area (Å²) in [6.45, 7) is 6.66. The Kier molecular flexibility index (Phi) is 5.25. The van der Waals surface area contributed by atoms with Gasteiger partial charge in [-0.1, -0.05) is 74.6 Å². The van der Waals surface area contributed by atoms with E-state index in [2.05, 4.69) is 60.6 Å². The molecular weight excluding hydrogens is 338 g/mol. The highest BCUT2D eigenvalue weighted by atomic mass is 32.2. The molecule has 0 radical (unpaired) electrons. The van der Waals surface area contributed by atoms with Gasteiger partial charge in [-0.15, -0.1) is 10.2 Å². The molecule has 128 valence electrons. The van der Waals surface area contributed by atoms with Crippen molar-refractivity contribution >= 4 is 34.1 Å². The third-order valence-corrected chi connectivity index (χ3v) is 6.34. The molecule has 0 aliphatic heterocycles. The van der Waals surface area contributed by atoms with Crippen molar-refractivity contribution in [2.45, 2.75) is 55.5 Å². The Morgan fingerprint density at radius 2 is 1.96 bits per heavy atom. The number of hydrogen-bond donors (Lipinski definition) is 1. The highest BCUT2D eigenvalue weighted by Gasteiger charge is 2.26. The van der Waals surface area contributed by atoms with Gasteiger partial charge in [-0.2, -0.15) is 0 Å². The van der Waals surface area contributed by atoms with Gasteiger partial charge in [0, 0.05) is 11.7 Å². The van der Waals surface area contributed by atoms with Crippen LogP contribution in [0, 0.1) is 5.92 Å². The molecule has 24 heavy (non-hydrogen) atoms. The molecule has 3 rings (SSSR count). The Bertz CT molecular complexity index is 700. The Morgan fingerprint density at radius 1 is 1.25 bits per heavy atom. The summed E-state index contributed by atoms with van der Waals surface area (Å²) in [5.41, 5.74) is 2.79. The molecule has 1 aliphatic carbocycles. The maximum atomic E-state index is 11.9. The Balaban J connectivity index is 1.52. The third kappa shape index (κ3) is 4.36. The molecule has 1 aliphatic rings. The number of amides is 1. The van der Waals surface area contributed by atoms with Crippen molar-refractivity contribution in [1.82, 2.24) is 10.2 Å². The number of nitrogens with one attached hydrogen (secondary N) is 1. The molecule has 2 aromatic rings. The predicted molar refractivity (Wildman–Crippen MR) is 101 cm³/mol. The first-order chi connectivity index (χ1) is 11.4. The maximum absolute atomic E-state index is 11.9. The van der Waals surface area contributed by atoms with Gasteiger partial charge in [0.05, 0.1) is 0 Å². The van der Waals surface area contributed by atoms with Crippen LogP contribution in [0.15, 0.2) is 28.6 Å². The van der Waals surface area contributed by atoms with E-state index >= 15 is 0 Å². The number of rotatable bonds is 5. The molecule has 1 aromatic heterocycles. The second kappa shape index (κ2) is 7.23. The molecular formula is C18H23N3OS2. The van der Waals surface area contributed by atoms with Crippen LogP contribution in [0.25, 0.3) is 0 Å². The Hall–Kier alpha value is -1.40. The Labute approximate surface area is 151 Å². The van der Waals surface area contributed by atoms with Gasteiger partial charge in [0.15, 0.2) is 4.34 Å². The van der Waals surface area contributed by atoms with E-state index in [1.165, 1.54) is 22.5 Å². The van der Waals surface area contributed by atoms with E-state index in [1.54, 1.807) is 11.8 Å². The van der Waals surface area contributed by atoms with E-state index in [0.717, 1.165) is 29.4 Å². The molecule has 1 aromatic carbocycles. The fourth-order valence-electron chi connectivity index (χ4n) is 2.44. The Morgan fingerprint density at radius 3 is 2.54 bits per heavy atom. The van der Waals surface area contributed by atoms with Crippen molar-refractivity contribution < 1.29 is 4.79 Å². The summed E-state index contributed by atoms with van der Waals surface area (Å²) in [5.74, 6) is 1.12. The molecule has 1 saturated carbocycles. The fraction of sp³-hybridized carbons (Fsp3) is 0.500. The van der Waals surface area contributed by atoms with Crippen molar-refractivity contribution in [3.8, 4) is 0 Å². The molecule has 1 amide bonds. The van der Waals surface area contributed by atoms with Gasteiger partial charge in [-0.3, -0.25) is 4.79 Å². The molecule has 0 bridgehead atoms. The number of carbonyl (C=O) groups is 1. The van der Waals surface area contributed by atoms with E-state index in [9.17, 15) is 4.79 Å². The van der Waals surface area contributed by atoms with Gasteiger partial charge in [0.2, 0.25) is 11.0 Å². The van der Waals surface area contributed by atoms with Crippen molar-refractivity contribution in [2.24, 2.45) is 5.92 Å². The molecule has 1 fully saturated rings. The average molecular weight is 362 g/mol. The molecule has 0 saturated heterocycles.